The number of carbonyl (C=O) groups is 2. The first kappa shape index (κ1) is 18.9. The van der Waals surface area contributed by atoms with Crippen LogP contribution in [0.2, 0.25) is 0 Å². The second kappa shape index (κ2) is 6.71. The first-order valence-electron chi connectivity index (χ1n) is 9.57. The van der Waals surface area contributed by atoms with E-state index in [1.165, 1.54) is 0 Å². The van der Waals surface area contributed by atoms with Crippen LogP contribution in [0.5, 0.6) is 5.75 Å². The largest absolute Gasteiger partial charge is 0.492 e. The minimum Gasteiger partial charge on any atom is -0.492 e. The highest BCUT2D eigenvalue weighted by Gasteiger charge is 2.64. The standard InChI is InChI=1S/C20H20N2O8/c23-17(24)22(18(25)26)16-21-20(11-30-16)14-7-13(12-3-5-27-6-4-12)1-2-15(14)29-10-19(20)8-28-9-19/h1-3,7H,4-6,8-11H2,(H,23,24)(H,25,26). The van der Waals surface area contributed by atoms with Crippen molar-refractivity contribution in [1.82, 2.24) is 4.90 Å². The quantitative estimate of drug-likeness (QED) is 0.713. The van der Waals surface area contributed by atoms with Crippen molar-refractivity contribution in [2.75, 3.05) is 39.6 Å². The Morgan fingerprint density at radius 3 is 2.47 bits per heavy atom. The Labute approximate surface area is 171 Å². The number of carboxylic acid groups (broad SMARTS) is 2. The summed E-state index contributed by atoms with van der Waals surface area (Å²) in [6, 6.07) is 5.37. The van der Waals surface area contributed by atoms with Crippen LogP contribution in [-0.2, 0) is 19.7 Å². The van der Waals surface area contributed by atoms with Gasteiger partial charge in [-0.15, -0.1) is 4.90 Å². The summed E-state index contributed by atoms with van der Waals surface area (Å²) >= 11 is 0. The van der Waals surface area contributed by atoms with Gasteiger partial charge in [0.1, 0.15) is 24.5 Å². The Bertz CT molecular complexity index is 969. The lowest BCUT2D eigenvalue weighted by Gasteiger charge is -2.53. The normalized spacial score (nSPS) is 26.0. The maximum Gasteiger partial charge on any atom is 0.425 e. The molecule has 158 valence electrons. The van der Waals surface area contributed by atoms with Crippen molar-refractivity contribution in [1.29, 1.82) is 0 Å². The van der Waals surface area contributed by atoms with Gasteiger partial charge in [-0.1, -0.05) is 12.1 Å². The van der Waals surface area contributed by atoms with Gasteiger partial charge in [0.25, 0.3) is 0 Å². The van der Waals surface area contributed by atoms with E-state index in [9.17, 15) is 19.8 Å². The Morgan fingerprint density at radius 2 is 1.83 bits per heavy atom. The molecule has 1 fully saturated rings. The minimum atomic E-state index is -1.68. The Morgan fingerprint density at radius 1 is 1.03 bits per heavy atom. The summed E-state index contributed by atoms with van der Waals surface area (Å²) in [6.45, 7) is 2.21. The zero-order chi connectivity index (χ0) is 20.9. The molecule has 1 aromatic rings. The molecule has 1 saturated heterocycles. The number of hydrogen-bond donors (Lipinski definition) is 2. The van der Waals surface area contributed by atoms with Crippen LogP contribution in [-0.4, -0.2) is 73.0 Å². The van der Waals surface area contributed by atoms with Crippen LogP contribution >= 0.6 is 0 Å². The van der Waals surface area contributed by atoms with Gasteiger partial charge in [0.15, 0.2) is 0 Å². The highest BCUT2D eigenvalue weighted by atomic mass is 16.5. The third-order valence-electron chi connectivity index (χ3n) is 6.17. The molecule has 0 bridgehead atoms. The fraction of sp³-hybridized carbons (Fsp3) is 0.450. The number of amides is 2. The summed E-state index contributed by atoms with van der Waals surface area (Å²) in [5.41, 5.74) is 1.32. The predicted molar refractivity (Wildman–Crippen MR) is 102 cm³/mol. The molecular weight excluding hydrogens is 396 g/mol. The van der Waals surface area contributed by atoms with E-state index in [0.717, 1.165) is 23.1 Å². The van der Waals surface area contributed by atoms with Gasteiger partial charge in [0, 0.05) is 5.56 Å². The highest BCUT2D eigenvalue weighted by Crippen LogP contribution is 2.56. The van der Waals surface area contributed by atoms with Gasteiger partial charge in [-0.25, -0.2) is 14.6 Å². The molecule has 0 aliphatic carbocycles. The smallest absolute Gasteiger partial charge is 0.425 e. The topological polar surface area (TPSA) is 127 Å². The minimum absolute atomic E-state index is 0.00469. The van der Waals surface area contributed by atoms with Gasteiger partial charge in [-0.3, -0.25) is 0 Å². The monoisotopic (exact) mass is 416 g/mol. The second-order valence-corrected chi connectivity index (χ2v) is 7.77. The number of rotatable bonds is 1. The van der Waals surface area contributed by atoms with Gasteiger partial charge >= 0.3 is 18.2 Å². The maximum atomic E-state index is 11.5. The summed E-state index contributed by atoms with van der Waals surface area (Å²) in [6.07, 6.45) is -0.547. The molecule has 2 amide bonds. The van der Waals surface area contributed by atoms with Gasteiger partial charge in [0.2, 0.25) is 0 Å². The van der Waals surface area contributed by atoms with Gasteiger partial charge in [-0.05, 0) is 29.7 Å². The van der Waals surface area contributed by atoms with Crippen molar-refractivity contribution < 1.29 is 38.7 Å². The second-order valence-electron chi connectivity index (χ2n) is 7.77. The molecule has 1 unspecified atom stereocenters. The first-order chi connectivity index (χ1) is 14.5. The van der Waals surface area contributed by atoms with E-state index in [1.54, 1.807) is 0 Å². The molecule has 4 aliphatic rings. The third kappa shape index (κ3) is 2.60. The molecule has 10 heteroatoms. The molecule has 0 aromatic heterocycles. The summed E-state index contributed by atoms with van der Waals surface area (Å²) in [7, 11) is 0. The van der Waals surface area contributed by atoms with Crippen LogP contribution in [0.25, 0.3) is 5.57 Å². The van der Waals surface area contributed by atoms with Gasteiger partial charge in [-0.2, -0.15) is 0 Å². The summed E-state index contributed by atoms with van der Waals surface area (Å²) in [5, 5.41) is 18.6. The molecule has 0 saturated carbocycles. The number of hydrogen-bond acceptors (Lipinski definition) is 7. The van der Waals surface area contributed by atoms with Crippen LogP contribution in [0.15, 0.2) is 29.3 Å². The summed E-state index contributed by atoms with van der Waals surface area (Å²) in [5.74, 6) is 0.620. The molecule has 1 aromatic carbocycles. The van der Waals surface area contributed by atoms with E-state index < -0.39 is 29.2 Å². The molecular formula is C20H20N2O8. The van der Waals surface area contributed by atoms with Crippen LogP contribution in [0.1, 0.15) is 17.5 Å². The van der Waals surface area contributed by atoms with Crippen LogP contribution in [0.4, 0.5) is 9.59 Å². The third-order valence-corrected chi connectivity index (χ3v) is 6.17. The fourth-order valence-electron chi connectivity index (χ4n) is 4.43. The molecule has 2 spiro atoms. The summed E-state index contributed by atoms with van der Waals surface area (Å²) < 4.78 is 22.5. The van der Waals surface area contributed by atoms with Crippen molar-refractivity contribution in [3.8, 4) is 5.75 Å². The first-order valence-corrected chi connectivity index (χ1v) is 9.57. The number of nitrogens with zero attached hydrogens (tertiary/aromatic N) is 2. The average molecular weight is 416 g/mol. The number of imide groups is 1. The van der Waals surface area contributed by atoms with E-state index in [-0.39, 0.29) is 11.5 Å². The Balaban J connectivity index is 1.64. The number of ether oxygens (including phenoxy) is 4. The van der Waals surface area contributed by atoms with Gasteiger partial charge in [0.05, 0.1) is 31.8 Å². The van der Waals surface area contributed by atoms with E-state index >= 15 is 0 Å². The van der Waals surface area contributed by atoms with Crippen LogP contribution < -0.4 is 4.74 Å². The predicted octanol–water partition coefficient (Wildman–Crippen LogP) is 2.14. The average Bonchev–Trinajstić information content (AvgIpc) is 3.12. The van der Waals surface area contributed by atoms with E-state index in [2.05, 4.69) is 4.99 Å². The van der Waals surface area contributed by atoms with Crippen LogP contribution in [0.3, 0.4) is 0 Å². The van der Waals surface area contributed by atoms with E-state index in [1.807, 2.05) is 24.3 Å². The Hall–Kier alpha value is -3.11. The fourth-order valence-corrected chi connectivity index (χ4v) is 4.43. The summed E-state index contributed by atoms with van der Waals surface area (Å²) in [4.78, 5) is 27.6. The molecule has 2 N–H and O–H groups in total. The van der Waals surface area contributed by atoms with E-state index in [4.69, 9.17) is 18.9 Å². The lowest BCUT2D eigenvalue weighted by molar-refractivity contribution is -0.185. The number of fused-ring (bicyclic) bond motifs is 3. The molecule has 10 nitrogen and oxygen atoms in total. The number of aliphatic imine (C=N–C) groups is 1. The molecule has 4 aliphatic heterocycles. The maximum absolute atomic E-state index is 11.5. The van der Waals surface area contributed by atoms with Crippen molar-refractivity contribution >= 4 is 23.8 Å². The molecule has 5 rings (SSSR count). The zero-order valence-corrected chi connectivity index (χ0v) is 16.0. The van der Waals surface area contributed by atoms with Crippen molar-refractivity contribution in [2.45, 2.75) is 12.0 Å². The number of benzene rings is 1. The number of amidine groups is 1. The Kier molecular flexibility index (Phi) is 4.23. The van der Waals surface area contributed by atoms with Gasteiger partial charge < -0.3 is 29.2 Å². The highest BCUT2D eigenvalue weighted by molar-refractivity contribution is 6.05. The van der Waals surface area contributed by atoms with Crippen molar-refractivity contribution in [3.05, 3.63) is 35.4 Å². The zero-order valence-electron chi connectivity index (χ0n) is 16.0. The lowest BCUT2D eigenvalue weighted by atomic mass is 9.64. The molecule has 4 heterocycles. The van der Waals surface area contributed by atoms with Crippen molar-refractivity contribution in [3.63, 3.8) is 0 Å². The molecule has 0 radical (unpaired) electrons. The molecule has 30 heavy (non-hydrogen) atoms. The lowest BCUT2D eigenvalue weighted by Crippen LogP contribution is -2.63. The SMILES string of the molecule is O=C(O)N(C(=O)O)C1=NC2(CO1)c1cc(C3=CCOCC3)ccc1OCC21COC1. The van der Waals surface area contributed by atoms with Crippen molar-refractivity contribution in [2.24, 2.45) is 10.4 Å². The van der Waals surface area contributed by atoms with E-state index in [0.29, 0.717) is 38.8 Å². The molecule has 1 atom stereocenters. The van der Waals surface area contributed by atoms with Crippen LogP contribution in [0, 0.1) is 5.41 Å².